The molecule has 1 aromatic heterocycles. The second kappa shape index (κ2) is 7.16. The number of hydrogen-bond acceptors (Lipinski definition) is 3. The molecule has 0 radical (unpaired) electrons. The van der Waals surface area contributed by atoms with Crippen molar-refractivity contribution in [1.29, 1.82) is 0 Å². The van der Waals surface area contributed by atoms with Crippen LogP contribution in [0.25, 0.3) is 0 Å². The lowest BCUT2D eigenvalue weighted by atomic mass is 10.00. The molecule has 1 atom stereocenters. The van der Waals surface area contributed by atoms with Crippen LogP contribution in [0.1, 0.15) is 30.5 Å². The number of hydrogen-bond donors (Lipinski definition) is 1. The van der Waals surface area contributed by atoms with E-state index in [2.05, 4.69) is 28.2 Å². The Balaban J connectivity index is 2.46. The molecule has 0 amide bonds. The normalized spacial score (nSPS) is 12.4. The number of furan rings is 1. The number of halogens is 2. The monoisotopic (exact) mass is 357 g/mol. The van der Waals surface area contributed by atoms with E-state index in [0.29, 0.717) is 9.69 Å². The topological polar surface area (TPSA) is 34.4 Å². The van der Waals surface area contributed by atoms with Gasteiger partial charge in [0.25, 0.3) is 0 Å². The van der Waals surface area contributed by atoms with Crippen LogP contribution in [0.4, 0.5) is 0 Å². The van der Waals surface area contributed by atoms with E-state index in [1.807, 2.05) is 24.3 Å². The highest BCUT2D eigenvalue weighted by Gasteiger charge is 2.22. The molecule has 3 nitrogen and oxygen atoms in total. The van der Waals surface area contributed by atoms with Crippen LogP contribution in [0.2, 0.25) is 5.02 Å². The summed E-state index contributed by atoms with van der Waals surface area (Å²) < 4.78 is 11.5. The molecule has 108 valence electrons. The third kappa shape index (κ3) is 3.37. The van der Waals surface area contributed by atoms with E-state index >= 15 is 0 Å². The molecular formula is C15H17BrClNO2. The Bertz CT molecular complexity index is 571. The smallest absolute Gasteiger partial charge is 0.174 e. The summed E-state index contributed by atoms with van der Waals surface area (Å²) in [5.41, 5.74) is 2.02. The molecule has 0 saturated heterocycles. The summed E-state index contributed by atoms with van der Waals surface area (Å²) in [5.74, 6) is 0.802. The Labute approximate surface area is 132 Å². The van der Waals surface area contributed by atoms with Crippen molar-refractivity contribution in [2.45, 2.75) is 19.4 Å². The van der Waals surface area contributed by atoms with Gasteiger partial charge in [0.2, 0.25) is 0 Å². The fraction of sp³-hybridized carbons (Fsp3) is 0.333. The van der Waals surface area contributed by atoms with Gasteiger partial charge in [0.1, 0.15) is 5.75 Å². The van der Waals surface area contributed by atoms with Crippen molar-refractivity contribution < 1.29 is 9.15 Å². The number of methoxy groups -OCH3 is 1. The fourth-order valence-electron chi connectivity index (χ4n) is 2.12. The zero-order chi connectivity index (χ0) is 14.5. The van der Waals surface area contributed by atoms with Crippen molar-refractivity contribution in [2.24, 2.45) is 0 Å². The second-order valence-electron chi connectivity index (χ2n) is 4.42. The second-order valence-corrected chi connectivity index (χ2v) is 5.58. The van der Waals surface area contributed by atoms with Crippen LogP contribution in [0.3, 0.4) is 0 Å². The molecule has 0 aliphatic heterocycles. The number of benzene rings is 1. The number of rotatable bonds is 6. The summed E-state index contributed by atoms with van der Waals surface area (Å²) in [4.78, 5) is 0. The van der Waals surface area contributed by atoms with Crippen LogP contribution >= 0.6 is 27.5 Å². The average molecular weight is 359 g/mol. The maximum atomic E-state index is 6.13. The quantitative estimate of drug-likeness (QED) is 0.806. The molecule has 1 heterocycles. The zero-order valence-corrected chi connectivity index (χ0v) is 13.8. The van der Waals surface area contributed by atoms with E-state index in [9.17, 15) is 0 Å². The lowest BCUT2D eigenvalue weighted by Gasteiger charge is -2.21. The van der Waals surface area contributed by atoms with Crippen LogP contribution in [0.5, 0.6) is 5.75 Å². The van der Waals surface area contributed by atoms with Crippen LogP contribution in [-0.2, 0) is 0 Å². The first-order chi connectivity index (χ1) is 9.67. The van der Waals surface area contributed by atoms with Gasteiger partial charge in [-0.1, -0.05) is 18.5 Å². The minimum Gasteiger partial charge on any atom is -0.496 e. The van der Waals surface area contributed by atoms with Crippen LogP contribution < -0.4 is 10.1 Å². The van der Waals surface area contributed by atoms with Crippen molar-refractivity contribution in [3.8, 4) is 5.75 Å². The third-order valence-corrected chi connectivity index (χ3v) is 3.94. The first-order valence-corrected chi connectivity index (χ1v) is 7.64. The van der Waals surface area contributed by atoms with Crippen molar-refractivity contribution >= 4 is 27.5 Å². The van der Waals surface area contributed by atoms with Crippen molar-refractivity contribution in [2.75, 3.05) is 13.7 Å². The first kappa shape index (κ1) is 15.4. The predicted octanol–water partition coefficient (Wildman–Crippen LogP) is 4.79. The summed E-state index contributed by atoms with van der Waals surface area (Å²) in [6.45, 7) is 3.02. The summed E-state index contributed by atoms with van der Waals surface area (Å²) in [6.07, 6.45) is 2.70. The van der Waals surface area contributed by atoms with Gasteiger partial charge in [0.15, 0.2) is 4.67 Å². The highest BCUT2D eigenvalue weighted by molar-refractivity contribution is 9.10. The molecule has 0 bridgehead atoms. The number of nitrogens with one attached hydrogen (secondary N) is 1. The van der Waals surface area contributed by atoms with Gasteiger partial charge in [-0.2, -0.15) is 0 Å². The molecule has 20 heavy (non-hydrogen) atoms. The van der Waals surface area contributed by atoms with E-state index < -0.39 is 0 Å². The molecule has 1 aromatic carbocycles. The molecule has 5 heteroatoms. The zero-order valence-electron chi connectivity index (χ0n) is 11.5. The van der Waals surface area contributed by atoms with Crippen LogP contribution in [-0.4, -0.2) is 13.7 Å². The minimum absolute atomic E-state index is 0.0308. The summed E-state index contributed by atoms with van der Waals surface area (Å²) in [7, 11) is 1.66. The Hall–Kier alpha value is -0.970. The highest BCUT2D eigenvalue weighted by atomic mass is 79.9. The highest BCUT2D eigenvalue weighted by Crippen LogP contribution is 2.35. The summed E-state index contributed by atoms with van der Waals surface area (Å²) >= 11 is 9.58. The predicted molar refractivity (Wildman–Crippen MR) is 84.5 cm³/mol. The molecule has 1 N–H and O–H groups in total. The lowest BCUT2D eigenvalue weighted by Crippen LogP contribution is -2.23. The van der Waals surface area contributed by atoms with Gasteiger partial charge >= 0.3 is 0 Å². The molecule has 0 spiro atoms. The molecule has 2 aromatic rings. The van der Waals surface area contributed by atoms with Gasteiger partial charge in [-0.3, -0.25) is 0 Å². The maximum Gasteiger partial charge on any atom is 0.174 e. The molecule has 2 rings (SSSR count). The average Bonchev–Trinajstić information content (AvgIpc) is 2.86. The summed E-state index contributed by atoms with van der Waals surface area (Å²) in [6, 6.07) is 7.54. The standard InChI is InChI=1S/C15H17BrClNO2/c1-3-7-18-14(11-6-8-20-15(11)16)12-9-10(17)4-5-13(12)19-2/h4-6,8-9,14,18H,3,7H2,1-2H3. The number of ether oxygens (including phenoxy) is 1. The molecular weight excluding hydrogens is 342 g/mol. The first-order valence-electron chi connectivity index (χ1n) is 6.47. The van der Waals surface area contributed by atoms with Gasteiger partial charge in [-0.25, -0.2) is 0 Å². The van der Waals surface area contributed by atoms with Gasteiger partial charge in [0.05, 0.1) is 19.4 Å². The van der Waals surface area contributed by atoms with E-state index in [1.54, 1.807) is 13.4 Å². The van der Waals surface area contributed by atoms with Crippen molar-refractivity contribution in [1.82, 2.24) is 5.32 Å². The van der Waals surface area contributed by atoms with Crippen LogP contribution in [0, 0.1) is 0 Å². The van der Waals surface area contributed by atoms with Crippen LogP contribution in [0.15, 0.2) is 39.6 Å². The molecule has 0 saturated carbocycles. The Kier molecular flexibility index (Phi) is 5.52. The molecule has 0 fully saturated rings. The minimum atomic E-state index is -0.0308. The van der Waals surface area contributed by atoms with Crippen molar-refractivity contribution in [3.63, 3.8) is 0 Å². The van der Waals surface area contributed by atoms with E-state index in [0.717, 1.165) is 29.8 Å². The molecule has 0 aliphatic carbocycles. The van der Waals surface area contributed by atoms with E-state index in [-0.39, 0.29) is 6.04 Å². The van der Waals surface area contributed by atoms with Crippen molar-refractivity contribution in [3.05, 3.63) is 51.3 Å². The van der Waals surface area contributed by atoms with E-state index in [4.69, 9.17) is 20.8 Å². The van der Waals surface area contributed by atoms with Gasteiger partial charge < -0.3 is 14.5 Å². The largest absolute Gasteiger partial charge is 0.496 e. The molecule has 1 unspecified atom stereocenters. The van der Waals surface area contributed by atoms with E-state index in [1.165, 1.54) is 0 Å². The fourth-order valence-corrected chi connectivity index (χ4v) is 2.77. The Morgan fingerprint density at radius 3 is 2.75 bits per heavy atom. The summed E-state index contributed by atoms with van der Waals surface area (Å²) in [5, 5.41) is 4.19. The Morgan fingerprint density at radius 1 is 1.35 bits per heavy atom. The SMILES string of the molecule is CCCNC(c1cc(Cl)ccc1OC)c1ccoc1Br. The lowest BCUT2D eigenvalue weighted by molar-refractivity contribution is 0.403. The van der Waals surface area contributed by atoms with Gasteiger partial charge in [-0.05, 0) is 53.2 Å². The Morgan fingerprint density at radius 2 is 2.15 bits per heavy atom. The van der Waals surface area contributed by atoms with Gasteiger partial charge in [0, 0.05) is 16.1 Å². The third-order valence-electron chi connectivity index (χ3n) is 3.06. The van der Waals surface area contributed by atoms with Gasteiger partial charge in [-0.15, -0.1) is 0 Å². The molecule has 0 aliphatic rings. The maximum absolute atomic E-state index is 6.13.